The summed E-state index contributed by atoms with van der Waals surface area (Å²) in [6.07, 6.45) is 1.70. The second-order valence-corrected chi connectivity index (χ2v) is 5.97. The van der Waals surface area contributed by atoms with Crippen LogP contribution >= 0.6 is 23.2 Å². The standard InChI is InChI=1S/C17H18Cl2O/c1-12-3-2-4-13(9-12)5-7-16(20)11-14-10-15(18)6-8-17(14)19/h2-4,6,8-10,16,20H,5,7,11H2,1H3. The Hall–Kier alpha value is -1.02. The zero-order valence-electron chi connectivity index (χ0n) is 11.4. The lowest BCUT2D eigenvalue weighted by Gasteiger charge is -2.12. The van der Waals surface area contributed by atoms with E-state index in [1.807, 2.05) is 12.1 Å². The van der Waals surface area contributed by atoms with Crippen LogP contribution in [0.15, 0.2) is 42.5 Å². The van der Waals surface area contributed by atoms with Crippen molar-refractivity contribution < 1.29 is 5.11 Å². The molecule has 1 N–H and O–H groups in total. The van der Waals surface area contributed by atoms with E-state index in [9.17, 15) is 5.11 Å². The van der Waals surface area contributed by atoms with Crippen molar-refractivity contribution in [2.75, 3.05) is 0 Å². The van der Waals surface area contributed by atoms with Gasteiger partial charge in [-0.25, -0.2) is 0 Å². The average Bonchev–Trinajstić information content (AvgIpc) is 2.41. The molecule has 0 fully saturated rings. The molecular formula is C17H18Cl2O. The maximum absolute atomic E-state index is 10.1. The maximum Gasteiger partial charge on any atom is 0.0584 e. The Balaban J connectivity index is 1.92. The number of halogens is 2. The first-order valence-electron chi connectivity index (χ1n) is 6.72. The van der Waals surface area contributed by atoms with Gasteiger partial charge in [-0.15, -0.1) is 0 Å². The molecule has 1 unspecified atom stereocenters. The van der Waals surface area contributed by atoms with Crippen LogP contribution in [0.2, 0.25) is 10.0 Å². The van der Waals surface area contributed by atoms with Crippen LogP contribution in [0, 0.1) is 6.92 Å². The predicted octanol–water partition coefficient (Wildman–Crippen LogP) is 4.84. The van der Waals surface area contributed by atoms with E-state index in [0.29, 0.717) is 22.9 Å². The Morgan fingerprint density at radius 1 is 1.10 bits per heavy atom. The average molecular weight is 309 g/mol. The molecule has 0 amide bonds. The molecule has 0 aromatic heterocycles. The maximum atomic E-state index is 10.1. The summed E-state index contributed by atoms with van der Waals surface area (Å²) in [4.78, 5) is 0. The molecule has 2 aromatic rings. The predicted molar refractivity (Wildman–Crippen MR) is 85.7 cm³/mol. The third kappa shape index (κ3) is 4.52. The molecule has 2 rings (SSSR count). The Morgan fingerprint density at radius 2 is 1.90 bits per heavy atom. The van der Waals surface area contributed by atoms with Crippen LogP contribution in [0.25, 0.3) is 0 Å². The van der Waals surface area contributed by atoms with E-state index in [1.54, 1.807) is 12.1 Å². The zero-order chi connectivity index (χ0) is 14.5. The number of aliphatic hydroxyl groups excluding tert-OH is 1. The summed E-state index contributed by atoms with van der Waals surface area (Å²) in [5, 5.41) is 11.5. The summed E-state index contributed by atoms with van der Waals surface area (Å²) in [6, 6.07) is 13.7. The van der Waals surface area contributed by atoms with Crippen molar-refractivity contribution in [1.29, 1.82) is 0 Å². The minimum Gasteiger partial charge on any atom is -0.393 e. The van der Waals surface area contributed by atoms with Crippen LogP contribution in [0.3, 0.4) is 0 Å². The smallest absolute Gasteiger partial charge is 0.0584 e. The second-order valence-electron chi connectivity index (χ2n) is 5.12. The fourth-order valence-corrected chi connectivity index (χ4v) is 2.65. The minimum atomic E-state index is -0.411. The van der Waals surface area contributed by atoms with Gasteiger partial charge in [0, 0.05) is 10.0 Å². The van der Waals surface area contributed by atoms with Gasteiger partial charge in [0.05, 0.1) is 6.10 Å². The number of aryl methyl sites for hydroxylation is 2. The quantitative estimate of drug-likeness (QED) is 0.838. The lowest BCUT2D eigenvalue weighted by molar-refractivity contribution is 0.165. The Labute approximate surface area is 130 Å². The van der Waals surface area contributed by atoms with Crippen molar-refractivity contribution in [3.8, 4) is 0 Å². The van der Waals surface area contributed by atoms with Gasteiger partial charge in [-0.3, -0.25) is 0 Å². The highest BCUT2D eigenvalue weighted by atomic mass is 35.5. The number of hydrogen-bond acceptors (Lipinski definition) is 1. The molecule has 2 aromatic carbocycles. The van der Waals surface area contributed by atoms with E-state index in [-0.39, 0.29) is 0 Å². The van der Waals surface area contributed by atoms with E-state index in [2.05, 4.69) is 25.1 Å². The first kappa shape index (κ1) is 15.4. The van der Waals surface area contributed by atoms with Crippen molar-refractivity contribution in [2.45, 2.75) is 32.3 Å². The lowest BCUT2D eigenvalue weighted by atomic mass is 10.0. The highest BCUT2D eigenvalue weighted by Crippen LogP contribution is 2.22. The summed E-state index contributed by atoms with van der Waals surface area (Å²) in [5.74, 6) is 0. The van der Waals surface area contributed by atoms with Gasteiger partial charge in [0.15, 0.2) is 0 Å². The lowest BCUT2D eigenvalue weighted by Crippen LogP contribution is -2.12. The van der Waals surface area contributed by atoms with Gasteiger partial charge in [-0.05, 0) is 55.5 Å². The molecule has 0 aliphatic rings. The molecule has 0 spiro atoms. The first-order chi connectivity index (χ1) is 9.54. The van der Waals surface area contributed by atoms with E-state index in [4.69, 9.17) is 23.2 Å². The van der Waals surface area contributed by atoms with Gasteiger partial charge in [0.1, 0.15) is 0 Å². The molecule has 0 radical (unpaired) electrons. The van der Waals surface area contributed by atoms with E-state index >= 15 is 0 Å². The Bertz CT molecular complexity index is 581. The van der Waals surface area contributed by atoms with Gasteiger partial charge in [-0.2, -0.15) is 0 Å². The Morgan fingerprint density at radius 3 is 2.65 bits per heavy atom. The highest BCUT2D eigenvalue weighted by molar-refractivity contribution is 6.33. The summed E-state index contributed by atoms with van der Waals surface area (Å²) < 4.78 is 0. The van der Waals surface area contributed by atoms with Crippen molar-refractivity contribution in [3.63, 3.8) is 0 Å². The third-order valence-electron chi connectivity index (χ3n) is 3.31. The van der Waals surface area contributed by atoms with Crippen LogP contribution in [-0.2, 0) is 12.8 Å². The largest absolute Gasteiger partial charge is 0.393 e. The first-order valence-corrected chi connectivity index (χ1v) is 7.48. The molecule has 106 valence electrons. The number of aliphatic hydroxyl groups is 1. The van der Waals surface area contributed by atoms with Crippen molar-refractivity contribution in [3.05, 3.63) is 69.2 Å². The summed E-state index contributed by atoms with van der Waals surface area (Å²) in [5.41, 5.74) is 3.40. The fraction of sp³-hybridized carbons (Fsp3) is 0.294. The molecule has 1 atom stereocenters. The van der Waals surface area contributed by atoms with Gasteiger partial charge in [-0.1, -0.05) is 53.0 Å². The fourth-order valence-electron chi connectivity index (χ4n) is 2.26. The van der Waals surface area contributed by atoms with Crippen molar-refractivity contribution in [2.24, 2.45) is 0 Å². The van der Waals surface area contributed by atoms with Gasteiger partial charge in [0.25, 0.3) is 0 Å². The molecular weight excluding hydrogens is 291 g/mol. The van der Waals surface area contributed by atoms with Crippen molar-refractivity contribution in [1.82, 2.24) is 0 Å². The SMILES string of the molecule is Cc1cccc(CCC(O)Cc2cc(Cl)ccc2Cl)c1. The monoisotopic (exact) mass is 308 g/mol. The van der Waals surface area contributed by atoms with Crippen LogP contribution < -0.4 is 0 Å². The highest BCUT2D eigenvalue weighted by Gasteiger charge is 2.09. The number of rotatable bonds is 5. The number of hydrogen-bond donors (Lipinski definition) is 1. The van der Waals surface area contributed by atoms with Gasteiger partial charge in [0.2, 0.25) is 0 Å². The van der Waals surface area contributed by atoms with Crippen LogP contribution in [0.1, 0.15) is 23.1 Å². The van der Waals surface area contributed by atoms with E-state index in [0.717, 1.165) is 12.0 Å². The molecule has 0 heterocycles. The third-order valence-corrected chi connectivity index (χ3v) is 3.92. The minimum absolute atomic E-state index is 0.411. The summed E-state index contributed by atoms with van der Waals surface area (Å²) in [6.45, 7) is 2.08. The molecule has 0 saturated carbocycles. The van der Waals surface area contributed by atoms with Crippen LogP contribution in [0.4, 0.5) is 0 Å². The molecule has 0 saturated heterocycles. The van der Waals surface area contributed by atoms with E-state index < -0.39 is 6.10 Å². The Kier molecular flexibility index (Phi) is 5.47. The normalized spacial score (nSPS) is 12.4. The van der Waals surface area contributed by atoms with Gasteiger partial charge < -0.3 is 5.11 Å². The van der Waals surface area contributed by atoms with Crippen molar-refractivity contribution >= 4 is 23.2 Å². The summed E-state index contributed by atoms with van der Waals surface area (Å²) in [7, 11) is 0. The molecule has 1 nitrogen and oxygen atoms in total. The molecule has 20 heavy (non-hydrogen) atoms. The molecule has 3 heteroatoms. The molecule has 0 aliphatic carbocycles. The topological polar surface area (TPSA) is 20.2 Å². The van der Waals surface area contributed by atoms with Gasteiger partial charge >= 0.3 is 0 Å². The molecule has 0 aliphatic heterocycles. The zero-order valence-corrected chi connectivity index (χ0v) is 13.0. The second kappa shape index (κ2) is 7.12. The number of benzene rings is 2. The van der Waals surface area contributed by atoms with Crippen LogP contribution in [-0.4, -0.2) is 11.2 Å². The summed E-state index contributed by atoms with van der Waals surface area (Å²) >= 11 is 12.1. The van der Waals surface area contributed by atoms with Crippen LogP contribution in [0.5, 0.6) is 0 Å². The van der Waals surface area contributed by atoms with E-state index in [1.165, 1.54) is 11.1 Å². The molecule has 0 bridgehead atoms.